The monoisotopic (exact) mass is 612 g/mol. The van der Waals surface area contributed by atoms with Crippen LogP contribution in [0.4, 0.5) is 5.82 Å². The summed E-state index contributed by atoms with van der Waals surface area (Å²) in [5.41, 5.74) is 2.83. The molecule has 1 fully saturated rings. The molecule has 0 spiro atoms. The van der Waals surface area contributed by atoms with Gasteiger partial charge in [0.05, 0.1) is 47.7 Å². The van der Waals surface area contributed by atoms with Gasteiger partial charge in [0.25, 0.3) is 0 Å². The van der Waals surface area contributed by atoms with E-state index in [4.69, 9.17) is 30.9 Å². The quantitative estimate of drug-likeness (QED) is 0.369. The largest absolute Gasteiger partial charge is 0.493 e. The van der Waals surface area contributed by atoms with Crippen LogP contribution in [0.2, 0.25) is 5.02 Å². The molecule has 2 aromatic carbocycles. The number of amides is 2. The molecule has 5 rings (SSSR count). The Morgan fingerprint density at radius 1 is 1.17 bits per heavy atom. The zero-order chi connectivity index (χ0) is 30.0. The number of halogens is 1. The van der Waals surface area contributed by atoms with E-state index in [9.17, 15) is 9.59 Å². The Morgan fingerprint density at radius 2 is 1.93 bits per heavy atom. The van der Waals surface area contributed by atoms with Crippen LogP contribution in [0, 0.1) is 0 Å². The highest BCUT2D eigenvalue weighted by atomic mass is 35.5. The van der Waals surface area contributed by atoms with E-state index in [-0.39, 0.29) is 35.5 Å². The van der Waals surface area contributed by atoms with Gasteiger partial charge >= 0.3 is 0 Å². The number of thioether (sulfide) groups is 1. The Balaban J connectivity index is 1.68. The molecular weight excluding hydrogens is 576 g/mol. The maximum atomic E-state index is 13.9. The number of aromatic nitrogens is 2. The van der Waals surface area contributed by atoms with Crippen LogP contribution in [0.15, 0.2) is 42.5 Å². The number of hydrogen-bond acceptors (Lipinski definition) is 7. The van der Waals surface area contributed by atoms with Crippen molar-refractivity contribution in [2.45, 2.75) is 50.4 Å². The van der Waals surface area contributed by atoms with Gasteiger partial charge in [-0.25, -0.2) is 4.68 Å². The summed E-state index contributed by atoms with van der Waals surface area (Å²) in [5, 5.41) is 8.28. The number of nitrogens with zero attached hydrogens (tertiary/aromatic N) is 3. The number of hydrogen-bond donors (Lipinski definition) is 1. The van der Waals surface area contributed by atoms with E-state index in [1.54, 1.807) is 29.9 Å². The Labute approximate surface area is 255 Å². The van der Waals surface area contributed by atoms with Crippen molar-refractivity contribution in [3.63, 3.8) is 0 Å². The van der Waals surface area contributed by atoms with Crippen LogP contribution in [-0.2, 0) is 19.7 Å². The predicted octanol–water partition coefficient (Wildman–Crippen LogP) is 5.30. The average molecular weight is 613 g/mol. The van der Waals surface area contributed by atoms with E-state index in [0.29, 0.717) is 41.2 Å². The van der Waals surface area contributed by atoms with Gasteiger partial charge in [0.15, 0.2) is 11.5 Å². The van der Waals surface area contributed by atoms with Crippen molar-refractivity contribution in [1.82, 2.24) is 15.1 Å². The molecule has 0 unspecified atom stereocenters. The standard InChI is InChI=1S/C31H37ClN4O5S/c1-31(2,3)29-27-28(19-12-13-23(39-4)24(15-19)40-5)42-18-26(38)35(17-25(37)33-16-20-9-8-14-41-20)30(27)36(34-29)22-11-7-6-10-21(22)32/h6-7,10-13,15,20,28H,8-9,14,16-18H2,1-5H3,(H,33,37)/t20-,28-/m1/s1. The second kappa shape index (κ2) is 12.6. The fraction of sp³-hybridized carbons (Fsp3) is 0.452. The molecule has 42 heavy (non-hydrogen) atoms. The molecule has 224 valence electrons. The van der Waals surface area contributed by atoms with Crippen LogP contribution < -0.4 is 19.7 Å². The third-order valence-electron chi connectivity index (χ3n) is 7.44. The second-order valence-corrected chi connectivity index (χ2v) is 12.9. The van der Waals surface area contributed by atoms with Gasteiger partial charge in [-0.05, 0) is 42.7 Å². The SMILES string of the molecule is COc1ccc([C@H]2SCC(=O)N(CC(=O)NC[C@H]3CCCO3)c3c2c(C(C)(C)C)nn3-c2ccccc2Cl)cc1OC. The van der Waals surface area contributed by atoms with Crippen molar-refractivity contribution in [1.29, 1.82) is 0 Å². The van der Waals surface area contributed by atoms with Gasteiger partial charge in [-0.15, -0.1) is 11.8 Å². The number of para-hydroxylation sites is 1. The minimum atomic E-state index is -0.396. The predicted molar refractivity (Wildman–Crippen MR) is 165 cm³/mol. The van der Waals surface area contributed by atoms with Gasteiger partial charge < -0.3 is 19.5 Å². The lowest BCUT2D eigenvalue weighted by Gasteiger charge is -2.25. The molecule has 2 aliphatic rings. The molecule has 2 amide bonds. The molecule has 1 saturated heterocycles. The van der Waals surface area contributed by atoms with Crippen LogP contribution in [0.5, 0.6) is 11.5 Å². The van der Waals surface area contributed by atoms with Gasteiger partial charge in [-0.3, -0.25) is 14.5 Å². The van der Waals surface area contributed by atoms with Crippen molar-refractivity contribution in [2.75, 3.05) is 44.6 Å². The summed E-state index contributed by atoms with van der Waals surface area (Å²) in [7, 11) is 3.20. The normalized spacial score (nSPS) is 18.9. The molecule has 1 aromatic heterocycles. The van der Waals surface area contributed by atoms with E-state index < -0.39 is 5.41 Å². The van der Waals surface area contributed by atoms with Crippen molar-refractivity contribution in [3.05, 3.63) is 64.3 Å². The molecule has 0 bridgehead atoms. The number of nitrogens with one attached hydrogen (secondary N) is 1. The Morgan fingerprint density at radius 3 is 2.60 bits per heavy atom. The fourth-order valence-electron chi connectivity index (χ4n) is 5.38. The number of anilines is 1. The molecule has 1 N–H and O–H groups in total. The second-order valence-electron chi connectivity index (χ2n) is 11.4. The molecule has 0 saturated carbocycles. The summed E-state index contributed by atoms with van der Waals surface area (Å²) < 4.78 is 18.5. The van der Waals surface area contributed by atoms with Crippen LogP contribution in [0.3, 0.4) is 0 Å². The number of carbonyl (C=O) groups is 2. The first-order chi connectivity index (χ1) is 20.1. The number of methoxy groups -OCH3 is 2. The van der Waals surface area contributed by atoms with Crippen LogP contribution >= 0.6 is 23.4 Å². The third kappa shape index (κ3) is 6.11. The number of ether oxygens (including phenoxy) is 3. The summed E-state index contributed by atoms with van der Waals surface area (Å²) in [5.74, 6) is 1.46. The minimum Gasteiger partial charge on any atom is -0.493 e. The topological polar surface area (TPSA) is 94.9 Å². The third-order valence-corrected chi connectivity index (χ3v) is 9.02. The Bertz CT molecular complexity index is 1460. The van der Waals surface area contributed by atoms with Crippen molar-refractivity contribution in [3.8, 4) is 17.2 Å². The van der Waals surface area contributed by atoms with Gasteiger partial charge in [-0.1, -0.05) is 50.6 Å². The summed E-state index contributed by atoms with van der Waals surface area (Å²) in [6.07, 6.45) is 1.89. The molecule has 9 nitrogen and oxygen atoms in total. The van der Waals surface area contributed by atoms with Gasteiger partial charge in [0, 0.05) is 24.1 Å². The molecular formula is C31H37ClN4O5S. The van der Waals surface area contributed by atoms with E-state index in [0.717, 1.165) is 29.7 Å². The number of fused-ring (bicyclic) bond motifs is 1. The van der Waals surface area contributed by atoms with Crippen LogP contribution in [0.1, 0.15) is 55.7 Å². The molecule has 3 aromatic rings. The summed E-state index contributed by atoms with van der Waals surface area (Å²) in [6.45, 7) is 7.23. The summed E-state index contributed by atoms with van der Waals surface area (Å²) >= 11 is 8.21. The first-order valence-electron chi connectivity index (χ1n) is 14.0. The zero-order valence-electron chi connectivity index (χ0n) is 24.6. The Kier molecular flexibility index (Phi) is 9.05. The van der Waals surface area contributed by atoms with Gasteiger partial charge in [-0.2, -0.15) is 5.10 Å². The zero-order valence-corrected chi connectivity index (χ0v) is 26.2. The van der Waals surface area contributed by atoms with Gasteiger partial charge in [0.2, 0.25) is 11.8 Å². The first kappa shape index (κ1) is 30.3. The van der Waals surface area contributed by atoms with E-state index in [1.807, 2.05) is 36.4 Å². The van der Waals surface area contributed by atoms with Gasteiger partial charge in [0.1, 0.15) is 12.4 Å². The summed E-state index contributed by atoms with van der Waals surface area (Å²) in [4.78, 5) is 28.7. The van der Waals surface area contributed by atoms with Crippen molar-refractivity contribution < 1.29 is 23.8 Å². The van der Waals surface area contributed by atoms with Crippen molar-refractivity contribution in [2.24, 2.45) is 0 Å². The molecule has 2 atom stereocenters. The van der Waals surface area contributed by atoms with Crippen molar-refractivity contribution >= 4 is 41.0 Å². The molecule has 2 aliphatic heterocycles. The highest BCUT2D eigenvalue weighted by molar-refractivity contribution is 8.00. The van der Waals surface area contributed by atoms with Crippen LogP contribution in [0.25, 0.3) is 5.69 Å². The lowest BCUT2D eigenvalue weighted by molar-refractivity contribution is -0.123. The Hall–Kier alpha value is -3.21. The minimum absolute atomic E-state index is 0.00418. The smallest absolute Gasteiger partial charge is 0.240 e. The van der Waals surface area contributed by atoms with E-state index in [2.05, 4.69) is 26.1 Å². The lowest BCUT2D eigenvalue weighted by atomic mass is 9.87. The van der Waals surface area contributed by atoms with E-state index >= 15 is 0 Å². The fourth-order valence-corrected chi connectivity index (χ4v) is 6.78. The number of benzene rings is 2. The lowest BCUT2D eigenvalue weighted by Crippen LogP contribution is -2.44. The molecule has 0 radical (unpaired) electrons. The highest BCUT2D eigenvalue weighted by Crippen LogP contribution is 2.49. The first-order valence-corrected chi connectivity index (χ1v) is 15.5. The maximum Gasteiger partial charge on any atom is 0.240 e. The number of rotatable bonds is 8. The molecule has 11 heteroatoms. The van der Waals surface area contributed by atoms with E-state index in [1.165, 1.54) is 11.8 Å². The average Bonchev–Trinajstić information content (AvgIpc) is 3.61. The highest BCUT2D eigenvalue weighted by Gasteiger charge is 2.40. The molecule has 0 aliphatic carbocycles. The molecule has 3 heterocycles. The number of carbonyl (C=O) groups excluding carboxylic acids is 2. The van der Waals surface area contributed by atoms with Crippen LogP contribution in [-0.4, -0.2) is 67.4 Å². The maximum absolute atomic E-state index is 13.9. The summed E-state index contributed by atoms with van der Waals surface area (Å²) in [6, 6.07) is 13.2.